The summed E-state index contributed by atoms with van der Waals surface area (Å²) in [6.07, 6.45) is 11.7. The van der Waals surface area contributed by atoms with Crippen LogP contribution >= 0.6 is 0 Å². The summed E-state index contributed by atoms with van der Waals surface area (Å²) in [5.41, 5.74) is 2.30. The van der Waals surface area contributed by atoms with Crippen molar-refractivity contribution in [3.05, 3.63) is 36.7 Å². The Hall–Kier alpha value is -0.991. The molecule has 0 unspecified atom stereocenters. The first kappa shape index (κ1) is 11.1. The molecule has 0 N–H and O–H groups in total. The maximum absolute atomic E-state index is 4.10. The molecule has 0 amide bonds. The molecule has 0 aliphatic rings. The number of allylic oxidation sites excluding steroid dienone is 1. The quantitative estimate of drug-likeness (QED) is 0.708. The SMILES string of the molecule is C/C=C\c1c2cnccn2[cH+]n1C.[Ir]. The Morgan fingerprint density at radius 3 is 3.00 bits per heavy atom. The van der Waals surface area contributed by atoms with E-state index in [0.717, 1.165) is 5.52 Å². The molecule has 0 aliphatic heterocycles. The monoisotopic (exact) mass is 367 g/mol. The number of aromatic nitrogens is 3. The number of hydrogen-bond acceptors (Lipinski definition) is 1. The van der Waals surface area contributed by atoms with Crippen LogP contribution in [-0.2, 0) is 27.2 Å². The van der Waals surface area contributed by atoms with Crippen LogP contribution in [0.1, 0.15) is 12.6 Å². The molecule has 2 aromatic heterocycles. The fourth-order valence-electron chi connectivity index (χ4n) is 1.46. The van der Waals surface area contributed by atoms with Crippen LogP contribution in [0.2, 0.25) is 0 Å². The summed E-state index contributed by atoms with van der Waals surface area (Å²) in [7, 11) is 2.03. The van der Waals surface area contributed by atoms with Gasteiger partial charge < -0.3 is 0 Å². The molecular weight excluding hydrogens is 354 g/mol. The van der Waals surface area contributed by atoms with Gasteiger partial charge in [-0.1, -0.05) is 6.08 Å². The predicted molar refractivity (Wildman–Crippen MR) is 53.3 cm³/mol. The Bertz CT molecular complexity index is 459. The molecule has 0 fully saturated rings. The van der Waals surface area contributed by atoms with Gasteiger partial charge in [0.25, 0.3) is 0 Å². The van der Waals surface area contributed by atoms with E-state index in [2.05, 4.69) is 20.0 Å². The standard InChI is InChI=1S/C10H12N3.Ir/c1-3-4-9-10-7-11-5-6-13(10)8-12(9)2;/h3-8H,1-2H3;/q+1;/b4-3-;. The molecule has 14 heavy (non-hydrogen) atoms. The number of nitrogens with zero attached hydrogens (tertiary/aromatic N) is 3. The van der Waals surface area contributed by atoms with Gasteiger partial charge in [-0.2, -0.15) is 4.40 Å². The van der Waals surface area contributed by atoms with Crippen molar-refractivity contribution in [3.63, 3.8) is 0 Å². The van der Waals surface area contributed by atoms with Crippen molar-refractivity contribution >= 4 is 11.6 Å². The first-order chi connectivity index (χ1) is 6.33. The van der Waals surface area contributed by atoms with E-state index in [9.17, 15) is 0 Å². The van der Waals surface area contributed by atoms with E-state index in [1.807, 2.05) is 38.8 Å². The molecule has 0 saturated carbocycles. The van der Waals surface area contributed by atoms with Crippen molar-refractivity contribution in [3.8, 4) is 0 Å². The van der Waals surface area contributed by atoms with Gasteiger partial charge in [-0.05, 0) is 6.92 Å². The van der Waals surface area contributed by atoms with Gasteiger partial charge in [0.2, 0.25) is 5.52 Å². The minimum absolute atomic E-state index is 0. The van der Waals surface area contributed by atoms with Crippen molar-refractivity contribution in [1.82, 2.24) is 14.0 Å². The Labute approximate surface area is 96.4 Å². The number of rotatable bonds is 1. The molecule has 0 aliphatic carbocycles. The fraction of sp³-hybridized carbons (Fsp3) is 0.200. The molecule has 0 saturated heterocycles. The van der Waals surface area contributed by atoms with Crippen LogP contribution in [0.4, 0.5) is 0 Å². The Morgan fingerprint density at radius 1 is 1.50 bits per heavy atom. The van der Waals surface area contributed by atoms with Crippen molar-refractivity contribution in [2.45, 2.75) is 6.92 Å². The Morgan fingerprint density at radius 2 is 2.29 bits per heavy atom. The van der Waals surface area contributed by atoms with Crippen LogP contribution in [-0.4, -0.2) is 14.0 Å². The van der Waals surface area contributed by atoms with Gasteiger partial charge in [-0.25, -0.2) is 9.55 Å². The zero-order valence-electron chi connectivity index (χ0n) is 8.14. The topological polar surface area (TPSA) is 22.2 Å². The third-order valence-electron chi connectivity index (χ3n) is 2.05. The summed E-state index contributed by atoms with van der Waals surface area (Å²) in [4.78, 5) is 4.10. The Balaban J connectivity index is 0.000000980. The molecule has 2 rings (SSSR count). The average molecular weight is 366 g/mol. The molecule has 0 aromatic carbocycles. The first-order valence-electron chi connectivity index (χ1n) is 4.26. The molecule has 0 bridgehead atoms. The van der Waals surface area contributed by atoms with Gasteiger partial charge in [0.15, 0.2) is 12.0 Å². The van der Waals surface area contributed by atoms with E-state index in [1.165, 1.54) is 5.69 Å². The average Bonchev–Trinajstić information content (AvgIpc) is 2.44. The molecule has 2 heterocycles. The van der Waals surface area contributed by atoms with Gasteiger partial charge in [-0.3, -0.25) is 0 Å². The molecule has 2 aromatic rings. The van der Waals surface area contributed by atoms with Crippen LogP contribution in [0.25, 0.3) is 11.6 Å². The van der Waals surface area contributed by atoms with E-state index < -0.39 is 0 Å². The molecule has 1 radical (unpaired) electrons. The van der Waals surface area contributed by atoms with Gasteiger partial charge in [-0.15, -0.1) is 0 Å². The second kappa shape index (κ2) is 4.49. The van der Waals surface area contributed by atoms with Crippen molar-refractivity contribution in [2.24, 2.45) is 7.05 Å². The van der Waals surface area contributed by atoms with Crippen molar-refractivity contribution in [1.29, 1.82) is 0 Å². The second-order valence-corrected chi connectivity index (χ2v) is 2.98. The van der Waals surface area contributed by atoms with Crippen LogP contribution in [0.3, 0.4) is 0 Å². The summed E-state index contributed by atoms with van der Waals surface area (Å²) in [6, 6.07) is 0. The van der Waals surface area contributed by atoms with Crippen LogP contribution < -0.4 is 0 Å². The smallest absolute Gasteiger partial charge is 0.209 e. The van der Waals surface area contributed by atoms with Gasteiger partial charge in [0.1, 0.15) is 12.4 Å². The van der Waals surface area contributed by atoms with Crippen molar-refractivity contribution in [2.75, 3.05) is 0 Å². The van der Waals surface area contributed by atoms with Gasteiger partial charge >= 0.3 is 0 Å². The minimum atomic E-state index is 0. The maximum atomic E-state index is 4.10. The number of fused-ring (bicyclic) bond motifs is 1. The molecule has 0 spiro atoms. The zero-order chi connectivity index (χ0) is 9.26. The van der Waals surface area contributed by atoms with Gasteiger partial charge in [0, 0.05) is 33.2 Å². The minimum Gasteiger partial charge on any atom is -0.248 e. The largest absolute Gasteiger partial charge is 0.248 e. The summed E-state index contributed by atoms with van der Waals surface area (Å²) in [5.74, 6) is 0. The summed E-state index contributed by atoms with van der Waals surface area (Å²) < 4.78 is 4.14. The summed E-state index contributed by atoms with van der Waals surface area (Å²) in [5, 5.41) is 0. The zero-order valence-corrected chi connectivity index (χ0v) is 10.5. The third-order valence-corrected chi connectivity index (χ3v) is 2.05. The molecular formula is C10H12IrN3+. The summed E-state index contributed by atoms with van der Waals surface area (Å²) in [6.45, 7) is 2.01. The van der Waals surface area contributed by atoms with Crippen LogP contribution in [0.5, 0.6) is 0 Å². The van der Waals surface area contributed by atoms with Crippen molar-refractivity contribution < 1.29 is 20.1 Å². The number of aryl methyl sites for hydroxylation is 1. The van der Waals surface area contributed by atoms with E-state index in [4.69, 9.17) is 0 Å². The number of hydrogen-bond donors (Lipinski definition) is 0. The van der Waals surface area contributed by atoms with Gasteiger partial charge in [0.05, 0.1) is 6.20 Å². The molecule has 0 atom stereocenters. The van der Waals surface area contributed by atoms with Crippen LogP contribution in [0.15, 0.2) is 31.0 Å². The first-order valence-corrected chi connectivity index (χ1v) is 4.26. The van der Waals surface area contributed by atoms with E-state index in [1.54, 1.807) is 6.20 Å². The number of imidazole rings is 1. The maximum Gasteiger partial charge on any atom is 0.209 e. The fourth-order valence-corrected chi connectivity index (χ4v) is 1.46. The second-order valence-electron chi connectivity index (χ2n) is 2.98. The Kier molecular flexibility index (Phi) is 3.55. The molecule has 3 nitrogen and oxygen atoms in total. The predicted octanol–water partition coefficient (Wildman–Crippen LogP) is 1.98. The van der Waals surface area contributed by atoms with E-state index >= 15 is 0 Å². The molecule has 75 valence electrons. The van der Waals surface area contributed by atoms with E-state index in [-0.39, 0.29) is 20.1 Å². The van der Waals surface area contributed by atoms with Crippen LogP contribution in [0, 0.1) is 0 Å². The normalized spacial score (nSPS) is 10.7. The van der Waals surface area contributed by atoms with E-state index in [0.29, 0.717) is 0 Å². The third kappa shape index (κ3) is 1.76. The molecule has 4 heteroatoms. The summed E-state index contributed by atoms with van der Waals surface area (Å²) >= 11 is 0.